The highest BCUT2D eigenvalue weighted by Gasteiger charge is 2.39. The molecule has 2 unspecified atom stereocenters. The summed E-state index contributed by atoms with van der Waals surface area (Å²) in [5.41, 5.74) is 1.12. The molecule has 0 bridgehead atoms. The molecule has 1 aliphatic carbocycles. The predicted molar refractivity (Wildman–Crippen MR) is 73.4 cm³/mol. The first-order chi connectivity index (χ1) is 9.25. The van der Waals surface area contributed by atoms with Crippen LogP contribution in [0.4, 0.5) is 0 Å². The van der Waals surface area contributed by atoms with Crippen LogP contribution in [0.25, 0.3) is 0 Å². The number of aromatic nitrogens is 1. The molecule has 1 N–H and O–H groups in total. The Morgan fingerprint density at radius 2 is 2.32 bits per heavy atom. The normalized spacial score (nSPS) is 26.4. The summed E-state index contributed by atoms with van der Waals surface area (Å²) >= 11 is 0. The van der Waals surface area contributed by atoms with Crippen LogP contribution in [0.2, 0.25) is 0 Å². The summed E-state index contributed by atoms with van der Waals surface area (Å²) in [5.74, 6) is 0.721. The van der Waals surface area contributed by atoms with Gasteiger partial charge in [0.05, 0.1) is 6.04 Å². The van der Waals surface area contributed by atoms with Crippen molar-refractivity contribution in [2.45, 2.75) is 44.8 Å². The molecular formula is C15H21N3O. The number of carbonyl (C=O) groups excluding carboxylic acids is 1. The van der Waals surface area contributed by atoms with E-state index in [1.165, 1.54) is 0 Å². The van der Waals surface area contributed by atoms with Gasteiger partial charge in [0.2, 0.25) is 5.91 Å². The standard InChI is InChI=1S/C15H21N3O/c1-11-6-8-17-14(11)15(19)18(13-4-5-13)10-12-3-2-7-16-9-12/h2-3,7,9,11,13-14,17H,4-6,8,10H2,1H3. The Labute approximate surface area is 114 Å². The summed E-state index contributed by atoms with van der Waals surface area (Å²) in [6.07, 6.45) is 7.02. The summed E-state index contributed by atoms with van der Waals surface area (Å²) in [7, 11) is 0. The van der Waals surface area contributed by atoms with Gasteiger partial charge in [0.25, 0.3) is 0 Å². The molecule has 3 rings (SSSR count). The first-order valence-electron chi connectivity index (χ1n) is 7.18. The minimum atomic E-state index is 0.0114. The number of nitrogens with zero attached hydrogens (tertiary/aromatic N) is 2. The lowest BCUT2D eigenvalue weighted by Crippen LogP contribution is -2.46. The third-order valence-corrected chi connectivity index (χ3v) is 4.15. The summed E-state index contributed by atoms with van der Waals surface area (Å²) in [5, 5.41) is 3.35. The van der Waals surface area contributed by atoms with E-state index in [0.717, 1.165) is 31.4 Å². The molecule has 2 atom stereocenters. The maximum Gasteiger partial charge on any atom is 0.240 e. The molecule has 1 amide bonds. The van der Waals surface area contributed by atoms with Crippen LogP contribution in [-0.2, 0) is 11.3 Å². The minimum Gasteiger partial charge on any atom is -0.334 e. The van der Waals surface area contributed by atoms with Gasteiger partial charge >= 0.3 is 0 Å². The number of nitrogens with one attached hydrogen (secondary N) is 1. The monoisotopic (exact) mass is 259 g/mol. The predicted octanol–water partition coefficient (Wildman–Crippen LogP) is 1.57. The fourth-order valence-corrected chi connectivity index (χ4v) is 2.81. The van der Waals surface area contributed by atoms with Crippen molar-refractivity contribution in [3.63, 3.8) is 0 Å². The van der Waals surface area contributed by atoms with E-state index in [4.69, 9.17) is 0 Å². The van der Waals surface area contributed by atoms with Crippen molar-refractivity contribution >= 4 is 5.91 Å². The Balaban J connectivity index is 1.72. The highest BCUT2D eigenvalue weighted by Crippen LogP contribution is 2.30. The highest BCUT2D eigenvalue weighted by molar-refractivity contribution is 5.83. The number of hydrogen-bond acceptors (Lipinski definition) is 3. The average molecular weight is 259 g/mol. The van der Waals surface area contributed by atoms with Gasteiger partial charge in [-0.1, -0.05) is 13.0 Å². The van der Waals surface area contributed by atoms with Crippen LogP contribution in [0.1, 0.15) is 31.7 Å². The van der Waals surface area contributed by atoms with E-state index in [2.05, 4.69) is 22.1 Å². The Hall–Kier alpha value is -1.42. The van der Waals surface area contributed by atoms with Crippen molar-refractivity contribution in [1.82, 2.24) is 15.2 Å². The molecule has 2 heterocycles. The Bertz CT molecular complexity index is 444. The van der Waals surface area contributed by atoms with Crippen molar-refractivity contribution in [3.8, 4) is 0 Å². The van der Waals surface area contributed by atoms with Gasteiger partial charge in [0, 0.05) is 25.0 Å². The van der Waals surface area contributed by atoms with Crippen LogP contribution >= 0.6 is 0 Å². The summed E-state index contributed by atoms with van der Waals surface area (Å²) in [6.45, 7) is 3.82. The fourth-order valence-electron chi connectivity index (χ4n) is 2.81. The SMILES string of the molecule is CC1CCNC1C(=O)N(Cc1cccnc1)C1CC1. The van der Waals surface area contributed by atoms with Gasteiger partial charge in [0.15, 0.2) is 0 Å². The molecule has 4 nitrogen and oxygen atoms in total. The number of rotatable bonds is 4. The van der Waals surface area contributed by atoms with Crippen LogP contribution in [-0.4, -0.2) is 34.4 Å². The molecule has 0 aromatic carbocycles. The zero-order valence-electron chi connectivity index (χ0n) is 11.4. The zero-order chi connectivity index (χ0) is 13.2. The number of pyridine rings is 1. The van der Waals surface area contributed by atoms with Gasteiger partial charge in [0.1, 0.15) is 0 Å². The zero-order valence-corrected chi connectivity index (χ0v) is 11.4. The van der Waals surface area contributed by atoms with Gasteiger partial charge in [-0.2, -0.15) is 0 Å². The van der Waals surface area contributed by atoms with Crippen molar-refractivity contribution in [2.24, 2.45) is 5.92 Å². The van der Waals surface area contributed by atoms with E-state index >= 15 is 0 Å². The van der Waals surface area contributed by atoms with Crippen LogP contribution in [0.5, 0.6) is 0 Å². The summed E-state index contributed by atoms with van der Waals surface area (Å²) in [6, 6.07) is 4.43. The maximum absolute atomic E-state index is 12.7. The number of carbonyl (C=O) groups is 1. The van der Waals surface area contributed by atoms with Crippen molar-refractivity contribution in [2.75, 3.05) is 6.54 Å². The second-order valence-electron chi connectivity index (χ2n) is 5.76. The largest absolute Gasteiger partial charge is 0.334 e. The van der Waals surface area contributed by atoms with Gasteiger partial charge in [-0.3, -0.25) is 9.78 Å². The molecule has 2 aliphatic rings. The van der Waals surface area contributed by atoms with Crippen LogP contribution in [0.3, 0.4) is 0 Å². The van der Waals surface area contributed by atoms with Crippen molar-refractivity contribution < 1.29 is 4.79 Å². The Kier molecular flexibility index (Phi) is 3.51. The molecule has 1 saturated heterocycles. The van der Waals surface area contributed by atoms with Crippen LogP contribution in [0, 0.1) is 5.92 Å². The van der Waals surface area contributed by atoms with E-state index in [9.17, 15) is 4.79 Å². The molecule has 1 aromatic rings. The molecule has 1 saturated carbocycles. The fraction of sp³-hybridized carbons (Fsp3) is 0.600. The van der Waals surface area contributed by atoms with Crippen molar-refractivity contribution in [3.05, 3.63) is 30.1 Å². The Morgan fingerprint density at radius 1 is 1.47 bits per heavy atom. The molecular weight excluding hydrogens is 238 g/mol. The third-order valence-electron chi connectivity index (χ3n) is 4.15. The van der Waals surface area contributed by atoms with E-state index in [-0.39, 0.29) is 11.9 Å². The molecule has 0 spiro atoms. The van der Waals surface area contributed by atoms with E-state index in [1.54, 1.807) is 6.20 Å². The van der Waals surface area contributed by atoms with Crippen molar-refractivity contribution in [1.29, 1.82) is 0 Å². The first kappa shape index (κ1) is 12.6. The lowest BCUT2D eigenvalue weighted by molar-refractivity contribution is -0.135. The molecule has 1 aromatic heterocycles. The first-order valence-corrected chi connectivity index (χ1v) is 7.18. The molecule has 2 fully saturated rings. The smallest absolute Gasteiger partial charge is 0.240 e. The van der Waals surface area contributed by atoms with E-state index in [0.29, 0.717) is 18.5 Å². The summed E-state index contributed by atoms with van der Waals surface area (Å²) < 4.78 is 0. The lowest BCUT2D eigenvalue weighted by Gasteiger charge is -2.27. The van der Waals surface area contributed by atoms with Gasteiger partial charge < -0.3 is 10.2 Å². The maximum atomic E-state index is 12.7. The third kappa shape index (κ3) is 2.78. The molecule has 19 heavy (non-hydrogen) atoms. The Morgan fingerprint density at radius 3 is 2.89 bits per heavy atom. The van der Waals surface area contributed by atoms with E-state index in [1.807, 2.05) is 18.3 Å². The molecule has 1 aliphatic heterocycles. The molecule has 102 valence electrons. The molecule has 0 radical (unpaired) electrons. The number of hydrogen-bond donors (Lipinski definition) is 1. The quantitative estimate of drug-likeness (QED) is 0.892. The van der Waals surface area contributed by atoms with Gasteiger partial charge in [-0.05, 0) is 43.4 Å². The van der Waals surface area contributed by atoms with Gasteiger partial charge in [-0.15, -0.1) is 0 Å². The minimum absolute atomic E-state index is 0.0114. The van der Waals surface area contributed by atoms with E-state index < -0.39 is 0 Å². The van der Waals surface area contributed by atoms with Gasteiger partial charge in [-0.25, -0.2) is 0 Å². The number of amides is 1. The average Bonchev–Trinajstić information content (AvgIpc) is 3.18. The summed E-state index contributed by atoms with van der Waals surface area (Å²) in [4.78, 5) is 18.9. The topological polar surface area (TPSA) is 45.2 Å². The molecule has 4 heteroatoms. The lowest BCUT2D eigenvalue weighted by atomic mass is 10.0. The second-order valence-corrected chi connectivity index (χ2v) is 5.76. The highest BCUT2D eigenvalue weighted by atomic mass is 16.2. The van der Waals surface area contributed by atoms with Crippen LogP contribution in [0.15, 0.2) is 24.5 Å². The second kappa shape index (κ2) is 5.29. The van der Waals surface area contributed by atoms with Crippen LogP contribution < -0.4 is 5.32 Å².